The first-order valence-electron chi connectivity index (χ1n) is 10.2. The van der Waals surface area contributed by atoms with E-state index in [0.717, 1.165) is 24.5 Å². The normalized spacial score (nSPS) is 20.6. The molecule has 0 radical (unpaired) electrons. The summed E-state index contributed by atoms with van der Waals surface area (Å²) in [6.07, 6.45) is 2.58. The molecule has 0 spiro atoms. The lowest BCUT2D eigenvalue weighted by atomic mass is 10.00. The number of halogens is 1. The number of nitrogens with one attached hydrogen (secondary N) is 1. The number of hydrogen-bond donors (Lipinski definition) is 1. The molecule has 6 nitrogen and oxygen atoms in total. The molecule has 29 heavy (non-hydrogen) atoms. The summed E-state index contributed by atoms with van der Waals surface area (Å²) in [5.41, 5.74) is 1.90. The number of carbonyl (C=O) groups excluding carboxylic acids is 1. The van der Waals surface area contributed by atoms with Crippen LogP contribution in [0.3, 0.4) is 0 Å². The van der Waals surface area contributed by atoms with Gasteiger partial charge in [-0.25, -0.2) is 9.07 Å². The molecular weight excluding hydrogens is 371 g/mol. The maximum atomic E-state index is 13.2. The zero-order chi connectivity index (χ0) is 21.2. The van der Waals surface area contributed by atoms with Gasteiger partial charge in [0.25, 0.3) is 5.91 Å². The van der Waals surface area contributed by atoms with Gasteiger partial charge in [0.15, 0.2) is 0 Å². The monoisotopic (exact) mass is 402 g/mol. The lowest BCUT2D eigenvalue weighted by molar-refractivity contribution is -0.0948. The summed E-state index contributed by atoms with van der Waals surface area (Å²) >= 11 is 0. The Morgan fingerprint density at radius 2 is 1.86 bits per heavy atom. The van der Waals surface area contributed by atoms with Gasteiger partial charge in [-0.3, -0.25) is 9.69 Å². The van der Waals surface area contributed by atoms with Gasteiger partial charge in [-0.15, -0.1) is 0 Å². The molecule has 7 heteroatoms. The quantitative estimate of drug-likeness (QED) is 0.806. The summed E-state index contributed by atoms with van der Waals surface area (Å²) in [5, 5.41) is 7.45. The first kappa shape index (κ1) is 21.5. The van der Waals surface area contributed by atoms with Crippen molar-refractivity contribution in [3.63, 3.8) is 0 Å². The second-order valence-corrected chi connectivity index (χ2v) is 8.40. The molecule has 2 aromatic rings. The SMILES string of the molecule is CCc1c(C(=O)NCC(C)(C)N2C[C@H](C)O[C@@H](C)C2)cnn1-c1ccc(F)cc1. The number of hydrogen-bond acceptors (Lipinski definition) is 4. The highest BCUT2D eigenvalue weighted by Gasteiger charge is 2.33. The minimum Gasteiger partial charge on any atom is -0.373 e. The Bertz CT molecular complexity index is 837. The van der Waals surface area contributed by atoms with E-state index in [1.165, 1.54) is 12.1 Å². The number of nitrogens with zero attached hydrogens (tertiary/aromatic N) is 3. The average molecular weight is 403 g/mol. The molecule has 158 valence electrons. The molecular formula is C22H31FN4O2. The number of aromatic nitrogens is 2. The second-order valence-electron chi connectivity index (χ2n) is 8.40. The third kappa shape index (κ3) is 4.85. The van der Waals surface area contributed by atoms with E-state index in [2.05, 4.69) is 43.0 Å². The van der Waals surface area contributed by atoms with Crippen LogP contribution in [0.15, 0.2) is 30.5 Å². The Labute approximate surface area is 172 Å². The lowest BCUT2D eigenvalue weighted by Crippen LogP contribution is -2.58. The van der Waals surface area contributed by atoms with Gasteiger partial charge in [0.05, 0.1) is 35.3 Å². The highest BCUT2D eigenvalue weighted by molar-refractivity contribution is 5.95. The Morgan fingerprint density at radius 1 is 1.24 bits per heavy atom. The fourth-order valence-electron chi connectivity index (χ4n) is 3.88. The van der Waals surface area contributed by atoms with Crippen LogP contribution in [-0.4, -0.2) is 58.0 Å². The van der Waals surface area contributed by atoms with Gasteiger partial charge in [0.2, 0.25) is 0 Å². The Balaban J connectivity index is 1.71. The maximum absolute atomic E-state index is 13.2. The van der Waals surface area contributed by atoms with Crippen LogP contribution in [-0.2, 0) is 11.2 Å². The van der Waals surface area contributed by atoms with Crippen molar-refractivity contribution in [1.29, 1.82) is 0 Å². The van der Waals surface area contributed by atoms with Crippen LogP contribution in [0.2, 0.25) is 0 Å². The highest BCUT2D eigenvalue weighted by Crippen LogP contribution is 2.21. The molecule has 0 saturated carbocycles. The molecule has 1 aliphatic heterocycles. The Hall–Kier alpha value is -2.25. The fourth-order valence-corrected chi connectivity index (χ4v) is 3.88. The van der Waals surface area contributed by atoms with Crippen LogP contribution < -0.4 is 5.32 Å². The van der Waals surface area contributed by atoms with Crippen LogP contribution in [0.5, 0.6) is 0 Å². The first-order chi connectivity index (χ1) is 13.7. The van der Waals surface area contributed by atoms with Gasteiger partial charge in [-0.1, -0.05) is 6.92 Å². The number of ether oxygens (including phenoxy) is 1. The predicted octanol–water partition coefficient (Wildman–Crippen LogP) is 3.19. The van der Waals surface area contributed by atoms with E-state index >= 15 is 0 Å². The molecule has 1 amide bonds. The molecule has 2 heterocycles. The van der Waals surface area contributed by atoms with Crippen molar-refractivity contribution in [2.45, 2.75) is 58.8 Å². The van der Waals surface area contributed by atoms with Crippen molar-refractivity contribution in [3.8, 4) is 5.69 Å². The summed E-state index contributed by atoms with van der Waals surface area (Å²) in [4.78, 5) is 15.3. The van der Waals surface area contributed by atoms with Gasteiger partial charge in [-0.05, 0) is 58.4 Å². The van der Waals surface area contributed by atoms with E-state index in [1.54, 1.807) is 23.0 Å². The summed E-state index contributed by atoms with van der Waals surface area (Å²) in [6, 6.07) is 6.10. The standard InChI is InChI=1S/C22H31FN4O2/c1-6-20-19(11-25-27(20)18-9-7-17(23)8-10-18)21(28)24-14-22(4,5)26-12-15(2)29-16(3)13-26/h7-11,15-16H,6,12-14H2,1-5H3,(H,24,28)/t15-,16-/m0/s1. The Kier molecular flexibility index (Phi) is 6.39. The molecule has 1 aromatic heterocycles. The molecule has 3 rings (SSSR count). The summed E-state index contributed by atoms with van der Waals surface area (Å²) in [7, 11) is 0. The van der Waals surface area contributed by atoms with Crippen LogP contribution in [0.25, 0.3) is 5.69 Å². The third-order valence-corrected chi connectivity index (χ3v) is 5.48. The smallest absolute Gasteiger partial charge is 0.254 e. The third-order valence-electron chi connectivity index (χ3n) is 5.48. The van der Waals surface area contributed by atoms with Crippen LogP contribution in [0.4, 0.5) is 4.39 Å². The van der Waals surface area contributed by atoms with Crippen molar-refractivity contribution in [1.82, 2.24) is 20.0 Å². The topological polar surface area (TPSA) is 59.4 Å². The van der Waals surface area contributed by atoms with Crippen LogP contribution in [0, 0.1) is 5.82 Å². The molecule has 0 bridgehead atoms. The number of rotatable bonds is 6. The molecule has 0 unspecified atom stereocenters. The van der Waals surface area contributed by atoms with E-state index in [4.69, 9.17) is 4.74 Å². The largest absolute Gasteiger partial charge is 0.373 e. The van der Waals surface area contributed by atoms with Crippen molar-refractivity contribution >= 4 is 5.91 Å². The zero-order valence-corrected chi connectivity index (χ0v) is 17.9. The molecule has 0 aliphatic carbocycles. The lowest BCUT2D eigenvalue weighted by Gasteiger charge is -2.45. The zero-order valence-electron chi connectivity index (χ0n) is 17.9. The predicted molar refractivity (Wildman–Crippen MR) is 111 cm³/mol. The number of amides is 1. The minimum atomic E-state index is -0.300. The van der Waals surface area contributed by atoms with E-state index in [1.807, 2.05) is 6.92 Å². The van der Waals surface area contributed by atoms with Crippen LogP contribution >= 0.6 is 0 Å². The van der Waals surface area contributed by atoms with Gasteiger partial charge < -0.3 is 10.1 Å². The average Bonchev–Trinajstić information content (AvgIpc) is 3.10. The van der Waals surface area contributed by atoms with Crippen LogP contribution in [0.1, 0.15) is 50.7 Å². The molecule has 1 fully saturated rings. The molecule has 1 aromatic carbocycles. The van der Waals surface area contributed by atoms with Crippen molar-refractivity contribution < 1.29 is 13.9 Å². The molecule has 1 N–H and O–H groups in total. The molecule has 1 aliphatic rings. The van der Waals surface area contributed by atoms with Gasteiger partial charge in [0.1, 0.15) is 5.82 Å². The van der Waals surface area contributed by atoms with Gasteiger partial charge >= 0.3 is 0 Å². The second kappa shape index (κ2) is 8.63. The number of benzene rings is 1. The fraction of sp³-hybridized carbons (Fsp3) is 0.545. The maximum Gasteiger partial charge on any atom is 0.254 e. The minimum absolute atomic E-state index is 0.141. The van der Waals surface area contributed by atoms with Gasteiger partial charge in [0, 0.05) is 25.2 Å². The highest BCUT2D eigenvalue weighted by atomic mass is 19.1. The Morgan fingerprint density at radius 3 is 2.45 bits per heavy atom. The molecule has 2 atom stereocenters. The van der Waals surface area contributed by atoms with Crippen molar-refractivity contribution in [2.24, 2.45) is 0 Å². The van der Waals surface area contributed by atoms with Crippen molar-refractivity contribution in [3.05, 3.63) is 47.5 Å². The van der Waals surface area contributed by atoms with E-state index in [-0.39, 0.29) is 29.5 Å². The van der Waals surface area contributed by atoms with Gasteiger partial charge in [-0.2, -0.15) is 5.10 Å². The number of carbonyl (C=O) groups is 1. The number of morpholine rings is 1. The first-order valence-corrected chi connectivity index (χ1v) is 10.2. The van der Waals surface area contributed by atoms with Crippen molar-refractivity contribution in [2.75, 3.05) is 19.6 Å². The molecule has 1 saturated heterocycles. The summed E-state index contributed by atoms with van der Waals surface area (Å²) in [6.45, 7) is 12.6. The van der Waals surface area contributed by atoms with E-state index in [9.17, 15) is 9.18 Å². The summed E-state index contributed by atoms with van der Waals surface area (Å²) < 4.78 is 20.8. The van der Waals surface area contributed by atoms with E-state index in [0.29, 0.717) is 18.5 Å². The summed E-state index contributed by atoms with van der Waals surface area (Å²) in [5.74, 6) is -0.441. The van der Waals surface area contributed by atoms with E-state index < -0.39 is 0 Å².